The van der Waals surface area contributed by atoms with Crippen LogP contribution >= 0.6 is 0 Å². The van der Waals surface area contributed by atoms with Crippen molar-refractivity contribution in [3.63, 3.8) is 0 Å². The number of aliphatic hydroxyl groups excluding tert-OH is 5. The first kappa shape index (κ1) is 77.9. The van der Waals surface area contributed by atoms with Crippen LogP contribution in [0.4, 0.5) is 0 Å². The van der Waals surface area contributed by atoms with E-state index in [-0.39, 0.29) is 18.5 Å². The van der Waals surface area contributed by atoms with Gasteiger partial charge in [-0.25, -0.2) is 0 Å². The van der Waals surface area contributed by atoms with Crippen LogP contribution in [0.15, 0.2) is 85.1 Å². The Hall–Kier alpha value is -3.16. The molecule has 7 atom stereocenters. The number of nitrogens with one attached hydrogen (secondary N) is 1. The number of unbranched alkanes of at least 4 members (excludes halogenated alkanes) is 33. The predicted octanol–water partition coefficient (Wildman–Crippen LogP) is 17.3. The van der Waals surface area contributed by atoms with Gasteiger partial charge in [-0.05, 0) is 109 Å². The second-order valence-electron chi connectivity index (χ2n) is 23.5. The molecule has 11 nitrogen and oxygen atoms in total. The Kier molecular flexibility index (Phi) is 56.8. The van der Waals surface area contributed by atoms with Crippen LogP contribution in [0.2, 0.25) is 0 Å². The lowest BCUT2D eigenvalue weighted by Crippen LogP contribution is -2.60. The van der Waals surface area contributed by atoms with Crippen molar-refractivity contribution in [2.75, 3.05) is 19.8 Å². The average Bonchev–Trinajstić information content (AvgIpc) is 3.67. The Balaban J connectivity index is 1.97. The molecular weight excluding hydrogens is 1040 g/mol. The fourth-order valence-electron chi connectivity index (χ4n) is 10.2. The van der Waals surface area contributed by atoms with Crippen LogP contribution in [0.5, 0.6) is 0 Å². The number of carbonyl (C=O) groups excluding carboxylic acids is 2. The standard InChI is InChI=1S/C72H127NO10/c1-3-5-7-9-11-13-15-35-40-44-48-52-56-60-68(77)81-61-57-53-49-45-41-37-34-32-30-28-26-24-22-20-18-16-17-19-21-23-25-27-29-31-33-36-39-43-47-51-55-59-67(76)73-64(63-82-72-71(80)70(79)69(78)66(62-74)83-72)65(75)58-54-50-46-42-38-14-12-10-8-6-4-2/h7-10,13,15,18,20,24,26,38,42,54,58,64-66,69-72,74-75,78-80H,3-6,11-12,14,16-17,19,21-23,25,27-37,39-41,43-53,55-57,59-63H2,1-2H3,(H,73,76)/b9-7-,10-8+,15-13-,20-18-,26-24-,42-38+,58-54+. The summed E-state index contributed by atoms with van der Waals surface area (Å²) in [6, 6.07) is -0.835. The van der Waals surface area contributed by atoms with E-state index in [1.54, 1.807) is 6.08 Å². The van der Waals surface area contributed by atoms with Crippen molar-refractivity contribution in [2.24, 2.45) is 0 Å². The maximum absolute atomic E-state index is 13.0. The molecule has 480 valence electrons. The average molecular weight is 1170 g/mol. The molecule has 1 saturated heterocycles. The van der Waals surface area contributed by atoms with Gasteiger partial charge in [-0.15, -0.1) is 0 Å². The number of hydrogen-bond acceptors (Lipinski definition) is 10. The van der Waals surface area contributed by atoms with Gasteiger partial charge < -0.3 is 45.1 Å². The number of allylic oxidation sites excluding steroid dienone is 13. The first-order valence-corrected chi connectivity index (χ1v) is 34.4. The van der Waals surface area contributed by atoms with Gasteiger partial charge in [0.2, 0.25) is 5.91 Å². The van der Waals surface area contributed by atoms with Gasteiger partial charge in [0.15, 0.2) is 6.29 Å². The van der Waals surface area contributed by atoms with E-state index in [1.165, 1.54) is 180 Å². The first-order chi connectivity index (χ1) is 40.7. The Morgan fingerprint density at radius 2 is 0.819 bits per heavy atom. The third kappa shape index (κ3) is 49.6. The van der Waals surface area contributed by atoms with Crippen LogP contribution in [-0.4, -0.2) is 100 Å². The zero-order chi connectivity index (χ0) is 60.2. The second-order valence-corrected chi connectivity index (χ2v) is 23.5. The molecule has 0 aromatic heterocycles. The van der Waals surface area contributed by atoms with Crippen molar-refractivity contribution in [1.29, 1.82) is 0 Å². The van der Waals surface area contributed by atoms with Crippen LogP contribution in [-0.2, 0) is 23.8 Å². The summed E-state index contributed by atoms with van der Waals surface area (Å²) < 4.78 is 16.7. The summed E-state index contributed by atoms with van der Waals surface area (Å²) in [6.45, 7) is 4.18. The lowest BCUT2D eigenvalue weighted by Gasteiger charge is -2.40. The highest BCUT2D eigenvalue weighted by molar-refractivity contribution is 5.76. The van der Waals surface area contributed by atoms with E-state index >= 15 is 0 Å². The Morgan fingerprint density at radius 3 is 1.27 bits per heavy atom. The quantitative estimate of drug-likeness (QED) is 0.0195. The highest BCUT2D eigenvalue weighted by Gasteiger charge is 2.44. The summed E-state index contributed by atoms with van der Waals surface area (Å²) in [4.78, 5) is 25.1. The topological polar surface area (TPSA) is 175 Å². The molecule has 0 bridgehead atoms. The molecule has 1 rings (SSSR count). The summed E-state index contributed by atoms with van der Waals surface area (Å²) in [5.74, 6) is -0.210. The predicted molar refractivity (Wildman–Crippen MR) is 347 cm³/mol. The van der Waals surface area contributed by atoms with Crippen LogP contribution in [0.3, 0.4) is 0 Å². The molecule has 11 heteroatoms. The van der Waals surface area contributed by atoms with Crippen LogP contribution < -0.4 is 5.32 Å². The van der Waals surface area contributed by atoms with E-state index in [2.05, 4.69) is 92.1 Å². The SMILES string of the molecule is CCC/C=C\C/C=C\CCCCCCCC(=O)OCCCCCCCCCCC/C=C\C/C=C\CCCCCCCCCCCCCCCCCC(=O)NC(COC1OC(CO)C(O)C(O)C1O)C(O)/C=C/CC/C=C/CC/C=C/CCC. The smallest absolute Gasteiger partial charge is 0.305 e. The van der Waals surface area contributed by atoms with Gasteiger partial charge in [0.25, 0.3) is 0 Å². The highest BCUT2D eigenvalue weighted by Crippen LogP contribution is 2.23. The van der Waals surface area contributed by atoms with Crippen molar-refractivity contribution in [3.8, 4) is 0 Å². The van der Waals surface area contributed by atoms with Crippen molar-refractivity contribution in [2.45, 2.75) is 339 Å². The van der Waals surface area contributed by atoms with Crippen molar-refractivity contribution >= 4 is 11.9 Å². The number of aliphatic hydroxyl groups is 5. The van der Waals surface area contributed by atoms with Crippen molar-refractivity contribution < 1.29 is 49.3 Å². The highest BCUT2D eigenvalue weighted by atomic mass is 16.7. The molecular formula is C72H127NO10. The molecule has 83 heavy (non-hydrogen) atoms. The second kappa shape index (κ2) is 60.5. The number of hydrogen-bond donors (Lipinski definition) is 6. The van der Waals surface area contributed by atoms with Crippen LogP contribution in [0, 0.1) is 0 Å². The molecule has 7 unspecified atom stereocenters. The van der Waals surface area contributed by atoms with E-state index in [1.807, 2.05) is 6.08 Å². The Bertz CT molecular complexity index is 1650. The monoisotopic (exact) mass is 1170 g/mol. The maximum Gasteiger partial charge on any atom is 0.305 e. The third-order valence-corrected chi connectivity index (χ3v) is 15.6. The van der Waals surface area contributed by atoms with Gasteiger partial charge in [0.1, 0.15) is 24.4 Å². The van der Waals surface area contributed by atoms with Gasteiger partial charge in [0, 0.05) is 12.8 Å². The van der Waals surface area contributed by atoms with E-state index in [4.69, 9.17) is 14.2 Å². The van der Waals surface area contributed by atoms with Crippen molar-refractivity contribution in [3.05, 3.63) is 85.1 Å². The van der Waals surface area contributed by atoms with E-state index in [9.17, 15) is 35.1 Å². The van der Waals surface area contributed by atoms with Gasteiger partial charge in [-0.1, -0.05) is 259 Å². The third-order valence-electron chi connectivity index (χ3n) is 15.6. The molecule has 0 saturated carbocycles. The Labute approximate surface area is 508 Å². The molecule has 0 aromatic carbocycles. The zero-order valence-electron chi connectivity index (χ0n) is 53.1. The number of amides is 1. The Morgan fingerprint density at radius 1 is 0.446 bits per heavy atom. The summed E-state index contributed by atoms with van der Waals surface area (Å²) in [6.07, 6.45) is 72.9. The molecule has 1 heterocycles. The van der Waals surface area contributed by atoms with E-state index < -0.39 is 49.5 Å². The minimum atomic E-state index is -1.58. The number of esters is 1. The molecule has 0 aromatic rings. The minimum Gasteiger partial charge on any atom is -0.466 e. The lowest BCUT2D eigenvalue weighted by molar-refractivity contribution is -0.302. The van der Waals surface area contributed by atoms with Gasteiger partial charge in [-0.3, -0.25) is 9.59 Å². The molecule has 1 amide bonds. The van der Waals surface area contributed by atoms with Gasteiger partial charge >= 0.3 is 5.97 Å². The minimum absolute atomic E-state index is 0.0115. The first-order valence-electron chi connectivity index (χ1n) is 34.4. The molecule has 0 radical (unpaired) electrons. The fourth-order valence-corrected chi connectivity index (χ4v) is 10.2. The van der Waals surface area contributed by atoms with Gasteiger partial charge in [0.05, 0.1) is 32.0 Å². The summed E-state index contributed by atoms with van der Waals surface area (Å²) in [5.41, 5.74) is 0. The number of rotatable bonds is 59. The number of ether oxygens (including phenoxy) is 3. The number of carbonyl (C=O) groups is 2. The fraction of sp³-hybridized carbons (Fsp3) is 0.778. The van der Waals surface area contributed by atoms with Crippen molar-refractivity contribution in [1.82, 2.24) is 5.32 Å². The summed E-state index contributed by atoms with van der Waals surface area (Å²) in [5, 5.41) is 54.3. The van der Waals surface area contributed by atoms with Gasteiger partial charge in [-0.2, -0.15) is 0 Å². The molecule has 1 fully saturated rings. The normalized spacial score (nSPS) is 18.7. The molecule has 1 aliphatic rings. The molecule has 6 N–H and O–H groups in total. The molecule has 1 aliphatic heterocycles. The van der Waals surface area contributed by atoms with E-state index in [0.29, 0.717) is 19.4 Å². The molecule has 0 aliphatic carbocycles. The van der Waals surface area contributed by atoms with E-state index in [0.717, 1.165) is 89.9 Å². The van der Waals surface area contributed by atoms with Crippen LogP contribution in [0.1, 0.15) is 296 Å². The molecule has 0 spiro atoms. The van der Waals surface area contributed by atoms with Crippen LogP contribution in [0.25, 0.3) is 0 Å². The zero-order valence-corrected chi connectivity index (χ0v) is 53.1. The largest absolute Gasteiger partial charge is 0.466 e. The summed E-state index contributed by atoms with van der Waals surface area (Å²) in [7, 11) is 0. The maximum atomic E-state index is 13.0. The lowest BCUT2D eigenvalue weighted by atomic mass is 9.99. The summed E-state index contributed by atoms with van der Waals surface area (Å²) >= 11 is 0.